The summed E-state index contributed by atoms with van der Waals surface area (Å²) in [4.78, 5) is 16.6. The van der Waals surface area contributed by atoms with E-state index in [-0.39, 0.29) is 17.6 Å². The molecule has 3 aromatic rings. The van der Waals surface area contributed by atoms with Gasteiger partial charge in [-0.3, -0.25) is 14.5 Å². The highest BCUT2D eigenvalue weighted by Crippen LogP contribution is 2.39. The summed E-state index contributed by atoms with van der Waals surface area (Å²) in [5, 5.41) is 4.71. The molecule has 5 heteroatoms. The number of Topliss-reactive ketones (excluding diaryl/α,β-unsaturated/α-hetero) is 1. The number of hydrogen-bond acceptors (Lipinski definition) is 3. The third-order valence-electron chi connectivity index (χ3n) is 4.47. The molecule has 0 N–H and O–H groups in total. The number of aromatic nitrogens is 3. The molecular formula is C19H16FN3O. The van der Waals surface area contributed by atoms with Crippen molar-refractivity contribution >= 4 is 5.78 Å². The third-order valence-corrected chi connectivity index (χ3v) is 4.47. The Morgan fingerprint density at radius 3 is 2.50 bits per heavy atom. The van der Waals surface area contributed by atoms with Crippen LogP contribution < -0.4 is 0 Å². The van der Waals surface area contributed by atoms with Crippen molar-refractivity contribution in [2.75, 3.05) is 0 Å². The number of ketones is 1. The van der Waals surface area contributed by atoms with E-state index in [0.717, 1.165) is 23.1 Å². The lowest BCUT2D eigenvalue weighted by atomic mass is 9.94. The Bertz CT molecular complexity index is 900. The smallest absolute Gasteiger partial charge is 0.181 e. The molecular weight excluding hydrogens is 305 g/mol. The molecule has 0 bridgehead atoms. The average Bonchev–Trinajstić information content (AvgIpc) is 3.01. The third kappa shape index (κ3) is 2.33. The fourth-order valence-corrected chi connectivity index (χ4v) is 3.20. The van der Waals surface area contributed by atoms with Gasteiger partial charge in [-0.25, -0.2) is 4.39 Å². The van der Waals surface area contributed by atoms with Crippen LogP contribution in [-0.2, 0) is 0 Å². The molecule has 0 radical (unpaired) electrons. The Kier molecular flexibility index (Phi) is 3.49. The normalized spacial score (nSPS) is 16.9. The number of carbonyl (C=O) groups is 1. The maximum atomic E-state index is 13.3. The molecule has 1 aromatic carbocycles. The highest BCUT2D eigenvalue weighted by molar-refractivity contribution is 6.04. The molecule has 0 fully saturated rings. The van der Waals surface area contributed by atoms with E-state index in [9.17, 15) is 9.18 Å². The van der Waals surface area contributed by atoms with Crippen molar-refractivity contribution in [1.29, 1.82) is 0 Å². The molecule has 1 aliphatic rings. The monoisotopic (exact) mass is 321 g/mol. The number of benzene rings is 1. The van der Waals surface area contributed by atoms with Crippen molar-refractivity contribution in [2.45, 2.75) is 25.8 Å². The lowest BCUT2D eigenvalue weighted by Gasteiger charge is -2.20. The van der Waals surface area contributed by atoms with Crippen molar-refractivity contribution in [3.05, 3.63) is 60.3 Å². The van der Waals surface area contributed by atoms with E-state index in [2.05, 4.69) is 11.9 Å². The number of nitrogens with zero attached hydrogens (tertiary/aromatic N) is 3. The lowest BCUT2D eigenvalue weighted by molar-refractivity contribution is 0.0941. The first-order valence-corrected chi connectivity index (χ1v) is 7.97. The van der Waals surface area contributed by atoms with Crippen LogP contribution in [0.5, 0.6) is 0 Å². The Balaban J connectivity index is 2.01. The predicted molar refractivity (Wildman–Crippen MR) is 89.1 cm³/mol. The number of pyridine rings is 1. The van der Waals surface area contributed by atoms with Gasteiger partial charge in [0.05, 0.1) is 6.04 Å². The largest absolute Gasteiger partial charge is 0.292 e. The minimum Gasteiger partial charge on any atom is -0.292 e. The molecule has 0 saturated carbocycles. The average molecular weight is 321 g/mol. The number of halogens is 1. The zero-order valence-electron chi connectivity index (χ0n) is 13.2. The maximum absolute atomic E-state index is 13.3. The van der Waals surface area contributed by atoms with E-state index >= 15 is 0 Å². The van der Waals surface area contributed by atoms with E-state index in [4.69, 9.17) is 5.10 Å². The van der Waals surface area contributed by atoms with Gasteiger partial charge in [-0.05, 0) is 55.3 Å². The van der Waals surface area contributed by atoms with Crippen LogP contribution >= 0.6 is 0 Å². The summed E-state index contributed by atoms with van der Waals surface area (Å²) in [5.41, 5.74) is 3.84. The highest BCUT2D eigenvalue weighted by atomic mass is 19.1. The molecule has 4 nitrogen and oxygen atoms in total. The lowest BCUT2D eigenvalue weighted by Crippen LogP contribution is -2.21. The van der Waals surface area contributed by atoms with Crippen molar-refractivity contribution in [3.8, 4) is 22.4 Å². The molecule has 0 spiro atoms. The van der Waals surface area contributed by atoms with Gasteiger partial charge < -0.3 is 0 Å². The molecule has 0 saturated heterocycles. The van der Waals surface area contributed by atoms with Crippen LogP contribution in [0.1, 0.15) is 36.3 Å². The second kappa shape index (κ2) is 5.67. The summed E-state index contributed by atoms with van der Waals surface area (Å²) in [5.74, 6) is -0.196. The molecule has 1 atom stereocenters. The van der Waals surface area contributed by atoms with Gasteiger partial charge in [0.2, 0.25) is 0 Å². The van der Waals surface area contributed by atoms with Gasteiger partial charge in [-0.15, -0.1) is 0 Å². The van der Waals surface area contributed by atoms with Gasteiger partial charge in [-0.2, -0.15) is 5.10 Å². The van der Waals surface area contributed by atoms with Crippen molar-refractivity contribution in [3.63, 3.8) is 0 Å². The maximum Gasteiger partial charge on any atom is 0.181 e. The number of hydrogen-bond donors (Lipinski definition) is 0. The van der Waals surface area contributed by atoms with Gasteiger partial charge in [0.15, 0.2) is 5.78 Å². The van der Waals surface area contributed by atoms with E-state index in [1.165, 1.54) is 12.1 Å². The van der Waals surface area contributed by atoms with Crippen molar-refractivity contribution in [2.24, 2.45) is 0 Å². The van der Waals surface area contributed by atoms with Crippen LogP contribution in [0.4, 0.5) is 4.39 Å². The van der Waals surface area contributed by atoms with Crippen LogP contribution in [0.2, 0.25) is 0 Å². The first-order valence-electron chi connectivity index (χ1n) is 7.97. The van der Waals surface area contributed by atoms with Gasteiger partial charge in [0.25, 0.3) is 0 Å². The zero-order chi connectivity index (χ0) is 16.7. The Hall–Kier alpha value is -2.82. The molecule has 1 aliphatic heterocycles. The van der Waals surface area contributed by atoms with E-state index in [1.54, 1.807) is 24.5 Å². The van der Waals surface area contributed by atoms with Gasteiger partial charge >= 0.3 is 0 Å². The van der Waals surface area contributed by atoms with E-state index in [1.807, 2.05) is 16.8 Å². The molecule has 0 amide bonds. The van der Waals surface area contributed by atoms with Crippen molar-refractivity contribution in [1.82, 2.24) is 14.8 Å². The van der Waals surface area contributed by atoms with Crippen LogP contribution in [-0.4, -0.2) is 20.5 Å². The first kappa shape index (κ1) is 14.8. The quantitative estimate of drug-likeness (QED) is 0.707. The van der Waals surface area contributed by atoms with Crippen LogP contribution in [0.25, 0.3) is 22.4 Å². The second-order valence-electron chi connectivity index (χ2n) is 6.07. The molecule has 3 heterocycles. The standard InChI is InChI=1S/C19H16FN3O/c1-12-2-7-16(24)19-17(13-8-10-21-11-9-13)18(22-23(12)19)14-3-5-15(20)6-4-14/h3-6,8-12H,2,7H2,1H3. The van der Waals surface area contributed by atoms with Gasteiger partial charge in [0.1, 0.15) is 17.2 Å². The summed E-state index contributed by atoms with van der Waals surface area (Å²) in [7, 11) is 0. The van der Waals surface area contributed by atoms with Crippen molar-refractivity contribution < 1.29 is 9.18 Å². The molecule has 2 aromatic heterocycles. The first-order chi connectivity index (χ1) is 11.6. The highest BCUT2D eigenvalue weighted by Gasteiger charge is 2.30. The molecule has 0 aliphatic carbocycles. The van der Waals surface area contributed by atoms with Crippen LogP contribution in [0.15, 0.2) is 48.8 Å². The SMILES string of the molecule is CC1CCC(=O)c2c(-c3ccncc3)c(-c3ccc(F)cc3)nn21. The Labute approximate surface area is 139 Å². The Morgan fingerprint density at radius 1 is 1.08 bits per heavy atom. The molecule has 1 unspecified atom stereocenters. The summed E-state index contributed by atoms with van der Waals surface area (Å²) < 4.78 is 15.1. The number of carbonyl (C=O) groups excluding carboxylic acids is 1. The topological polar surface area (TPSA) is 47.8 Å². The van der Waals surface area contributed by atoms with E-state index in [0.29, 0.717) is 17.8 Å². The fourth-order valence-electron chi connectivity index (χ4n) is 3.20. The van der Waals surface area contributed by atoms with Gasteiger partial charge in [0, 0.05) is 29.9 Å². The van der Waals surface area contributed by atoms with E-state index < -0.39 is 0 Å². The molecule has 24 heavy (non-hydrogen) atoms. The summed E-state index contributed by atoms with van der Waals surface area (Å²) in [6, 6.07) is 10.1. The second-order valence-corrected chi connectivity index (χ2v) is 6.07. The van der Waals surface area contributed by atoms with Crippen LogP contribution in [0.3, 0.4) is 0 Å². The molecule has 120 valence electrons. The summed E-state index contributed by atoms with van der Waals surface area (Å²) in [6.07, 6.45) is 4.70. The minimum absolute atomic E-state index is 0.0979. The Morgan fingerprint density at radius 2 is 1.79 bits per heavy atom. The predicted octanol–water partition coefficient (Wildman–Crippen LogP) is 4.29. The zero-order valence-corrected chi connectivity index (χ0v) is 13.2. The number of fused-ring (bicyclic) bond motifs is 1. The minimum atomic E-state index is -0.294. The summed E-state index contributed by atoms with van der Waals surface area (Å²) in [6.45, 7) is 2.06. The van der Waals surface area contributed by atoms with Gasteiger partial charge in [-0.1, -0.05) is 0 Å². The molecule has 4 rings (SSSR count). The van der Waals surface area contributed by atoms with Crippen LogP contribution in [0, 0.1) is 5.82 Å². The number of rotatable bonds is 2. The fraction of sp³-hybridized carbons (Fsp3) is 0.211. The summed E-state index contributed by atoms with van der Waals surface area (Å²) >= 11 is 0.